The van der Waals surface area contributed by atoms with Gasteiger partial charge in [-0.05, 0) is 0 Å². The summed E-state index contributed by atoms with van der Waals surface area (Å²) in [5, 5.41) is 2.31. The van der Waals surface area contributed by atoms with E-state index in [-0.39, 0.29) is 0 Å². The van der Waals surface area contributed by atoms with Gasteiger partial charge in [-0.15, -0.1) is 26.3 Å². The third kappa shape index (κ3) is 9.46. The van der Waals surface area contributed by atoms with Crippen LogP contribution < -0.4 is 0 Å². The van der Waals surface area contributed by atoms with Crippen molar-refractivity contribution >= 4 is 0 Å². The largest absolute Gasteiger partial charge is 0.551 e. The molecular weight excluding hydrogens is 192 g/mol. The van der Waals surface area contributed by atoms with E-state index in [1.807, 2.05) is 0 Å². The van der Waals surface area contributed by atoms with Crippen LogP contribution in [0, 0.1) is 0 Å². The second-order valence-electron chi connectivity index (χ2n) is 1.13. The number of hydrogen-bond acceptors (Lipinski definition) is 3. The lowest BCUT2D eigenvalue weighted by Gasteiger charge is -2.06. The Labute approximate surface area is 55.3 Å². The highest BCUT2D eigenvalue weighted by atomic mass is 19.6. The topological polar surface area (TPSA) is 27.7 Å². The zero-order chi connectivity index (χ0) is 9.12. The normalized spacial score (nSPS) is 13.6. The highest BCUT2D eigenvalue weighted by Crippen LogP contribution is 2.21. The van der Waals surface area contributed by atoms with Crippen LogP contribution in [-0.4, -0.2) is 12.7 Å². The van der Waals surface area contributed by atoms with E-state index in [1.165, 1.54) is 0 Å². The maximum atomic E-state index is 10.8. The Kier molecular flexibility index (Phi) is 3.08. The monoisotopic (exact) mass is 192 g/mol. The fourth-order valence-corrected chi connectivity index (χ4v) is 0.0942. The van der Waals surface area contributed by atoms with Crippen LogP contribution in [0.2, 0.25) is 0 Å². The van der Waals surface area contributed by atoms with Crippen molar-refractivity contribution in [2.75, 3.05) is 0 Å². The maximum absolute atomic E-state index is 10.8. The summed E-state index contributed by atoms with van der Waals surface area (Å²) in [5.41, 5.74) is 0. The molecule has 0 atom stereocenters. The third-order valence-electron chi connectivity index (χ3n) is 0.257. The number of rotatable bonds is 2. The summed E-state index contributed by atoms with van der Waals surface area (Å²) >= 11 is 0. The minimum atomic E-state index is -5.33. The zero-order valence-electron chi connectivity index (χ0n) is 4.49. The molecule has 0 aromatic heterocycles. The van der Waals surface area contributed by atoms with Gasteiger partial charge in [-0.1, -0.05) is 14.8 Å². The molecule has 11 heavy (non-hydrogen) atoms. The summed E-state index contributed by atoms with van der Waals surface area (Å²) in [6.45, 7) is 0. The van der Waals surface area contributed by atoms with Gasteiger partial charge in [0.2, 0.25) is 0 Å². The van der Waals surface area contributed by atoms with Gasteiger partial charge in [-0.3, -0.25) is 0 Å². The minimum absolute atomic E-state index is 2.16. The first-order valence-electron chi connectivity index (χ1n) is 1.88. The Hall–Kier alpha value is -0.540. The Morgan fingerprint density at radius 2 is 0.909 bits per heavy atom. The summed E-state index contributed by atoms with van der Waals surface area (Å²) < 4.78 is 65.0. The van der Waals surface area contributed by atoms with Crippen molar-refractivity contribution in [3.63, 3.8) is 0 Å². The van der Waals surface area contributed by atoms with E-state index in [2.05, 4.69) is 14.8 Å². The highest BCUT2D eigenvalue weighted by molar-refractivity contribution is 4.14. The molecule has 0 aliphatic heterocycles. The molecule has 0 saturated heterocycles. The molecule has 0 spiro atoms. The Morgan fingerprint density at radius 3 is 1.09 bits per heavy atom. The standard InChI is InChI=1S/C2F6O3/c3-1(4,5)9-11-10-2(6,7)8/i9+2,10+2,11+2. The van der Waals surface area contributed by atoms with E-state index in [4.69, 9.17) is 0 Å². The van der Waals surface area contributed by atoms with Crippen LogP contribution >= 0.6 is 0 Å². The molecule has 0 aromatic carbocycles. The van der Waals surface area contributed by atoms with Crippen molar-refractivity contribution < 1.29 is 41.2 Å². The van der Waals surface area contributed by atoms with Crippen LogP contribution in [0.4, 0.5) is 26.3 Å². The van der Waals surface area contributed by atoms with E-state index in [0.29, 0.717) is 0 Å². The SMILES string of the molecule is FC(F)(F)[18O][18O][18O]C(F)(F)F. The smallest absolute Gasteiger partial charge is 0.142 e. The average Bonchev–Trinajstić information content (AvgIpc) is 1.55. The Balaban J connectivity index is 3.44. The van der Waals surface area contributed by atoms with Crippen LogP contribution in [-0.2, 0) is 14.8 Å². The molecule has 0 aromatic rings. The quantitative estimate of drug-likeness (QED) is 0.289. The van der Waals surface area contributed by atoms with Crippen molar-refractivity contribution in [2.45, 2.75) is 12.7 Å². The third-order valence-corrected chi connectivity index (χ3v) is 0.257. The first-order valence-corrected chi connectivity index (χ1v) is 1.88. The van der Waals surface area contributed by atoms with Crippen LogP contribution in [0.15, 0.2) is 0 Å². The predicted octanol–water partition coefficient (Wildman–Crippen LogP) is 1.91. The van der Waals surface area contributed by atoms with Crippen molar-refractivity contribution in [3.8, 4) is 0 Å². The molecule has 0 saturated carbocycles. The molecule has 0 unspecified atom stereocenters. The lowest BCUT2D eigenvalue weighted by molar-refractivity contribution is -0.655. The van der Waals surface area contributed by atoms with E-state index in [0.717, 1.165) is 0 Å². The summed E-state index contributed by atoms with van der Waals surface area (Å²) in [6, 6.07) is 0. The zero-order valence-corrected chi connectivity index (χ0v) is 4.49. The molecule has 68 valence electrons. The van der Waals surface area contributed by atoms with Gasteiger partial charge in [0.15, 0.2) is 0 Å². The fourth-order valence-electron chi connectivity index (χ4n) is 0.0942. The second kappa shape index (κ2) is 3.24. The van der Waals surface area contributed by atoms with Gasteiger partial charge in [0.05, 0.1) is 0 Å². The molecule has 0 bridgehead atoms. The van der Waals surface area contributed by atoms with Gasteiger partial charge in [-0.25, -0.2) is 0 Å². The van der Waals surface area contributed by atoms with E-state index >= 15 is 0 Å². The van der Waals surface area contributed by atoms with E-state index < -0.39 is 12.7 Å². The van der Waals surface area contributed by atoms with Gasteiger partial charge >= 0.3 is 12.7 Å². The fraction of sp³-hybridized carbons (Fsp3) is 1.00. The minimum Gasteiger partial charge on any atom is -0.142 e. The molecule has 9 heteroatoms. The van der Waals surface area contributed by atoms with Crippen LogP contribution in [0.5, 0.6) is 0 Å². The molecule has 0 N–H and O–H groups in total. The van der Waals surface area contributed by atoms with Gasteiger partial charge < -0.3 is 0 Å². The number of halogens is 6. The Morgan fingerprint density at radius 1 is 0.636 bits per heavy atom. The number of alkyl halides is 6. The average molecular weight is 192 g/mol. The lowest BCUT2D eigenvalue weighted by Crippen LogP contribution is -2.19. The molecule has 0 amide bonds. The molecule has 0 aliphatic rings. The molecule has 0 rings (SSSR count). The highest BCUT2D eigenvalue weighted by Gasteiger charge is 2.37. The molecule has 0 heterocycles. The summed E-state index contributed by atoms with van der Waals surface area (Å²) in [7, 11) is 0. The molecule has 0 aliphatic carbocycles. The van der Waals surface area contributed by atoms with Gasteiger partial charge in [0, 0.05) is 0 Å². The van der Waals surface area contributed by atoms with E-state index in [9.17, 15) is 26.3 Å². The second-order valence-corrected chi connectivity index (χ2v) is 1.13. The Bertz CT molecular complexity index is 100.0. The number of hydrogen-bond donors (Lipinski definition) is 0. The first kappa shape index (κ1) is 10.5. The van der Waals surface area contributed by atoms with Crippen LogP contribution in [0.1, 0.15) is 0 Å². The van der Waals surface area contributed by atoms with Crippen LogP contribution in [0.25, 0.3) is 0 Å². The molecule has 3 nitrogen and oxygen atoms in total. The molecule has 0 fully saturated rings. The summed E-state index contributed by atoms with van der Waals surface area (Å²) in [5.74, 6) is 0. The lowest BCUT2D eigenvalue weighted by atomic mass is 11.5. The van der Waals surface area contributed by atoms with Crippen molar-refractivity contribution in [2.24, 2.45) is 0 Å². The predicted molar refractivity (Wildman–Crippen MR) is 15.4 cm³/mol. The first-order chi connectivity index (χ1) is 4.71. The summed E-state index contributed by atoms with van der Waals surface area (Å²) in [6.07, 6.45) is -10.7. The maximum Gasteiger partial charge on any atom is 0.551 e. The molecule has 0 radical (unpaired) electrons. The molecular formula is C2F6O3. The van der Waals surface area contributed by atoms with Crippen molar-refractivity contribution in [1.29, 1.82) is 0 Å². The van der Waals surface area contributed by atoms with Gasteiger partial charge in [0.1, 0.15) is 0 Å². The van der Waals surface area contributed by atoms with Crippen LogP contribution in [0.3, 0.4) is 0 Å². The van der Waals surface area contributed by atoms with Crippen molar-refractivity contribution in [1.82, 2.24) is 0 Å². The van der Waals surface area contributed by atoms with Crippen molar-refractivity contribution in [3.05, 3.63) is 0 Å². The summed E-state index contributed by atoms with van der Waals surface area (Å²) in [4.78, 5) is 4.33. The van der Waals surface area contributed by atoms with E-state index in [1.54, 1.807) is 0 Å². The van der Waals surface area contributed by atoms with Gasteiger partial charge in [0.25, 0.3) is 0 Å². The van der Waals surface area contributed by atoms with Gasteiger partial charge in [-0.2, -0.15) is 0 Å².